The van der Waals surface area contributed by atoms with Crippen molar-refractivity contribution in [1.82, 2.24) is 4.90 Å². The highest BCUT2D eigenvalue weighted by molar-refractivity contribution is 5.79. The van der Waals surface area contributed by atoms with Crippen molar-refractivity contribution in [2.75, 3.05) is 20.6 Å². The molecule has 0 heterocycles. The summed E-state index contributed by atoms with van der Waals surface area (Å²) in [4.78, 5) is 6.66. The molecular formula is C22H46N2. The second-order valence-electron chi connectivity index (χ2n) is 7.63. The van der Waals surface area contributed by atoms with Gasteiger partial charge >= 0.3 is 0 Å². The summed E-state index contributed by atoms with van der Waals surface area (Å²) in [5.41, 5.74) is 0. The molecule has 144 valence electrons. The molecule has 0 saturated heterocycles. The predicted octanol–water partition coefficient (Wildman–Crippen LogP) is 7.23. The molecule has 0 aromatic carbocycles. The third-order valence-corrected chi connectivity index (χ3v) is 5.00. The lowest BCUT2D eigenvalue weighted by Crippen LogP contribution is -2.18. The van der Waals surface area contributed by atoms with E-state index < -0.39 is 0 Å². The van der Waals surface area contributed by atoms with Crippen LogP contribution in [-0.4, -0.2) is 31.4 Å². The van der Waals surface area contributed by atoms with E-state index in [1.54, 1.807) is 0 Å². The normalized spacial score (nSPS) is 11.9. The molecule has 0 saturated carbocycles. The number of aliphatic imine (C=N–C) groups is 1. The molecule has 0 aliphatic rings. The molecule has 0 fully saturated rings. The summed E-state index contributed by atoms with van der Waals surface area (Å²) in [5.74, 6) is 1.15. The van der Waals surface area contributed by atoms with Crippen LogP contribution in [0.4, 0.5) is 0 Å². The monoisotopic (exact) mass is 338 g/mol. The van der Waals surface area contributed by atoms with Gasteiger partial charge in [-0.25, -0.2) is 0 Å². The Kier molecular flexibility index (Phi) is 18.4. The maximum Gasteiger partial charge on any atom is 0.0952 e. The molecule has 0 atom stereocenters. The summed E-state index contributed by atoms with van der Waals surface area (Å²) in [6, 6.07) is 0. The standard InChI is InChI=1S/C22H46N2/c1-5-6-7-8-9-10-11-12-13-14-15-16-17-18-19-20-21-23-22(2)24(3)4/h5-21H2,1-4H3/b23-22+. The molecule has 0 radical (unpaired) electrons. The summed E-state index contributed by atoms with van der Waals surface area (Å²) in [5, 5.41) is 0. The van der Waals surface area contributed by atoms with E-state index in [-0.39, 0.29) is 0 Å². The molecule has 0 aromatic rings. The van der Waals surface area contributed by atoms with E-state index in [0.29, 0.717) is 0 Å². The van der Waals surface area contributed by atoms with Gasteiger partial charge in [0.15, 0.2) is 0 Å². The van der Waals surface area contributed by atoms with E-state index in [0.717, 1.165) is 12.4 Å². The fourth-order valence-electron chi connectivity index (χ4n) is 3.04. The lowest BCUT2D eigenvalue weighted by Gasteiger charge is -2.10. The molecule has 2 nitrogen and oxygen atoms in total. The van der Waals surface area contributed by atoms with Gasteiger partial charge in [0, 0.05) is 20.6 Å². The molecule has 0 rings (SSSR count). The number of hydrogen-bond donors (Lipinski definition) is 0. The molecule has 0 amide bonds. The molecule has 24 heavy (non-hydrogen) atoms. The van der Waals surface area contributed by atoms with Gasteiger partial charge in [-0.3, -0.25) is 4.99 Å². The molecule has 0 aromatic heterocycles. The van der Waals surface area contributed by atoms with Gasteiger partial charge in [-0.1, -0.05) is 103 Å². The van der Waals surface area contributed by atoms with Crippen LogP contribution in [0.5, 0.6) is 0 Å². The second-order valence-corrected chi connectivity index (χ2v) is 7.63. The van der Waals surface area contributed by atoms with Crippen LogP contribution in [0.2, 0.25) is 0 Å². The Hall–Kier alpha value is -0.530. The van der Waals surface area contributed by atoms with E-state index in [1.807, 2.05) is 0 Å². The van der Waals surface area contributed by atoms with Crippen LogP contribution in [0.1, 0.15) is 117 Å². The minimum absolute atomic E-state index is 1.00. The van der Waals surface area contributed by atoms with Crippen LogP contribution >= 0.6 is 0 Å². The average molecular weight is 339 g/mol. The number of rotatable bonds is 17. The summed E-state index contributed by atoms with van der Waals surface area (Å²) in [7, 11) is 4.12. The molecule has 0 N–H and O–H groups in total. The first kappa shape index (κ1) is 23.5. The van der Waals surface area contributed by atoms with Gasteiger partial charge in [0.05, 0.1) is 5.84 Å². The third kappa shape index (κ3) is 17.8. The van der Waals surface area contributed by atoms with E-state index >= 15 is 0 Å². The van der Waals surface area contributed by atoms with Crippen molar-refractivity contribution < 1.29 is 0 Å². The first-order chi connectivity index (χ1) is 11.7. The van der Waals surface area contributed by atoms with E-state index in [1.165, 1.54) is 103 Å². The summed E-state index contributed by atoms with van der Waals surface area (Å²) in [6.45, 7) is 5.39. The van der Waals surface area contributed by atoms with Crippen molar-refractivity contribution in [3.63, 3.8) is 0 Å². The third-order valence-electron chi connectivity index (χ3n) is 5.00. The van der Waals surface area contributed by atoms with Crippen LogP contribution in [0, 0.1) is 0 Å². The second kappa shape index (κ2) is 18.8. The van der Waals surface area contributed by atoms with Crippen molar-refractivity contribution in [3.8, 4) is 0 Å². The van der Waals surface area contributed by atoms with Crippen molar-refractivity contribution in [3.05, 3.63) is 0 Å². The molecule has 0 spiro atoms. The highest BCUT2D eigenvalue weighted by Gasteiger charge is 1.95. The number of hydrogen-bond acceptors (Lipinski definition) is 1. The maximum absolute atomic E-state index is 4.57. The fourth-order valence-corrected chi connectivity index (χ4v) is 3.04. The maximum atomic E-state index is 4.57. The predicted molar refractivity (Wildman–Crippen MR) is 111 cm³/mol. The fraction of sp³-hybridized carbons (Fsp3) is 0.955. The van der Waals surface area contributed by atoms with Crippen LogP contribution in [-0.2, 0) is 0 Å². The van der Waals surface area contributed by atoms with Gasteiger partial charge in [0.2, 0.25) is 0 Å². The van der Waals surface area contributed by atoms with Crippen LogP contribution in [0.15, 0.2) is 4.99 Å². The SMILES string of the molecule is CCCCCCCCCCCCCCCCCC/N=C(\C)N(C)C. The van der Waals surface area contributed by atoms with Crippen LogP contribution in [0.25, 0.3) is 0 Å². The lowest BCUT2D eigenvalue weighted by atomic mass is 10.0. The largest absolute Gasteiger partial charge is 0.367 e. The molecule has 2 heteroatoms. The van der Waals surface area contributed by atoms with E-state index in [4.69, 9.17) is 0 Å². The molecule has 0 unspecified atom stereocenters. The van der Waals surface area contributed by atoms with Gasteiger partial charge in [-0.2, -0.15) is 0 Å². The Balaban J connectivity index is 3.09. The molecular weight excluding hydrogens is 292 g/mol. The summed E-state index contributed by atoms with van der Waals surface area (Å²) >= 11 is 0. The van der Waals surface area contributed by atoms with Crippen molar-refractivity contribution in [1.29, 1.82) is 0 Å². The lowest BCUT2D eigenvalue weighted by molar-refractivity contribution is 0.530. The Labute approximate surface area is 153 Å². The number of unbranched alkanes of at least 4 members (excludes halogenated alkanes) is 15. The first-order valence-corrected chi connectivity index (χ1v) is 10.9. The number of amidine groups is 1. The quantitative estimate of drug-likeness (QED) is 0.155. The van der Waals surface area contributed by atoms with Gasteiger partial charge in [-0.05, 0) is 13.3 Å². The van der Waals surface area contributed by atoms with Crippen LogP contribution in [0.3, 0.4) is 0 Å². The highest BCUT2D eigenvalue weighted by atomic mass is 15.1. The van der Waals surface area contributed by atoms with E-state index in [9.17, 15) is 0 Å². The zero-order chi connectivity index (χ0) is 17.9. The van der Waals surface area contributed by atoms with Crippen molar-refractivity contribution >= 4 is 5.84 Å². The van der Waals surface area contributed by atoms with Crippen LogP contribution < -0.4 is 0 Å². The Morgan fingerprint density at radius 3 is 1.25 bits per heavy atom. The van der Waals surface area contributed by atoms with Crippen molar-refractivity contribution in [2.24, 2.45) is 4.99 Å². The van der Waals surface area contributed by atoms with Gasteiger partial charge in [0.1, 0.15) is 0 Å². The van der Waals surface area contributed by atoms with Gasteiger partial charge < -0.3 is 4.90 Å². The minimum Gasteiger partial charge on any atom is -0.367 e. The smallest absolute Gasteiger partial charge is 0.0952 e. The molecule has 0 bridgehead atoms. The average Bonchev–Trinajstić information content (AvgIpc) is 2.57. The van der Waals surface area contributed by atoms with Crippen molar-refractivity contribution in [2.45, 2.75) is 117 Å². The Morgan fingerprint density at radius 1 is 0.583 bits per heavy atom. The zero-order valence-electron chi connectivity index (χ0n) is 17.4. The highest BCUT2D eigenvalue weighted by Crippen LogP contribution is 2.13. The zero-order valence-corrected chi connectivity index (χ0v) is 17.4. The number of nitrogens with zero attached hydrogens (tertiary/aromatic N) is 2. The Bertz CT molecular complexity index is 271. The molecule has 0 aliphatic carbocycles. The van der Waals surface area contributed by atoms with Gasteiger partial charge in [0.25, 0.3) is 0 Å². The topological polar surface area (TPSA) is 15.6 Å². The first-order valence-electron chi connectivity index (χ1n) is 10.9. The van der Waals surface area contributed by atoms with E-state index in [2.05, 4.69) is 37.8 Å². The molecule has 0 aliphatic heterocycles. The van der Waals surface area contributed by atoms with Gasteiger partial charge in [-0.15, -0.1) is 0 Å². The Morgan fingerprint density at radius 2 is 0.917 bits per heavy atom. The summed E-state index contributed by atoms with van der Waals surface area (Å²) in [6.07, 6.45) is 22.8. The minimum atomic E-state index is 1.00. The summed E-state index contributed by atoms with van der Waals surface area (Å²) < 4.78 is 0.